The summed E-state index contributed by atoms with van der Waals surface area (Å²) in [4.78, 5) is 14.2. The summed E-state index contributed by atoms with van der Waals surface area (Å²) in [6.07, 6.45) is 5.06. The molecule has 0 aromatic carbocycles. The molecule has 0 saturated carbocycles. The monoisotopic (exact) mass is 212 g/mol. The lowest BCUT2D eigenvalue weighted by molar-refractivity contribution is -0.137. The van der Waals surface area contributed by atoms with E-state index >= 15 is 0 Å². The zero-order valence-electron chi connectivity index (χ0n) is 10.3. The fraction of sp³-hybridized carbons (Fsp3) is 0.917. The summed E-state index contributed by atoms with van der Waals surface area (Å²) in [7, 11) is 0. The van der Waals surface area contributed by atoms with Crippen molar-refractivity contribution in [3.05, 3.63) is 0 Å². The number of carbonyl (C=O) groups excluding carboxylic acids is 1. The van der Waals surface area contributed by atoms with Crippen LogP contribution in [0.5, 0.6) is 0 Å². The minimum atomic E-state index is -0.660. The van der Waals surface area contributed by atoms with Crippen LogP contribution in [0.1, 0.15) is 52.9 Å². The maximum Gasteiger partial charge on any atom is 0.242 e. The highest BCUT2D eigenvalue weighted by Gasteiger charge is 2.36. The molecule has 0 aliphatic carbocycles. The van der Waals surface area contributed by atoms with Crippen LogP contribution in [0, 0.1) is 0 Å². The Kier molecular flexibility index (Phi) is 4.14. The Morgan fingerprint density at radius 3 is 2.73 bits per heavy atom. The number of amides is 1. The van der Waals surface area contributed by atoms with Crippen molar-refractivity contribution in [3.63, 3.8) is 0 Å². The molecule has 2 N–H and O–H groups in total. The van der Waals surface area contributed by atoms with Crippen LogP contribution in [-0.2, 0) is 4.79 Å². The van der Waals surface area contributed by atoms with E-state index in [1.807, 2.05) is 11.8 Å². The van der Waals surface area contributed by atoms with E-state index in [2.05, 4.69) is 13.8 Å². The Morgan fingerprint density at radius 1 is 1.53 bits per heavy atom. The quantitative estimate of drug-likeness (QED) is 0.773. The van der Waals surface area contributed by atoms with Crippen LogP contribution in [0.2, 0.25) is 0 Å². The van der Waals surface area contributed by atoms with Crippen LogP contribution in [0.15, 0.2) is 0 Å². The molecule has 1 heterocycles. The highest BCUT2D eigenvalue weighted by atomic mass is 16.2. The SMILES string of the molecule is CCCC(C)(N)C(=O)N1CCCC1CC. The molecule has 88 valence electrons. The molecule has 0 bridgehead atoms. The fourth-order valence-electron chi connectivity index (χ4n) is 2.48. The van der Waals surface area contributed by atoms with Gasteiger partial charge in [0.05, 0.1) is 5.54 Å². The van der Waals surface area contributed by atoms with Crippen LogP contribution in [0.4, 0.5) is 0 Å². The van der Waals surface area contributed by atoms with Crippen molar-refractivity contribution in [2.75, 3.05) is 6.54 Å². The molecule has 0 aromatic heterocycles. The Morgan fingerprint density at radius 2 is 2.20 bits per heavy atom. The predicted octanol–water partition coefficient (Wildman–Crippen LogP) is 1.90. The van der Waals surface area contributed by atoms with Crippen molar-refractivity contribution in [1.82, 2.24) is 4.90 Å². The molecule has 1 rings (SSSR count). The molecule has 3 heteroatoms. The highest BCUT2D eigenvalue weighted by molar-refractivity contribution is 5.86. The molecule has 1 amide bonds. The average Bonchev–Trinajstić information content (AvgIpc) is 2.63. The molecule has 1 aliphatic heterocycles. The van der Waals surface area contributed by atoms with Gasteiger partial charge in [0.15, 0.2) is 0 Å². The van der Waals surface area contributed by atoms with Crippen molar-refractivity contribution >= 4 is 5.91 Å². The van der Waals surface area contributed by atoms with Gasteiger partial charge < -0.3 is 10.6 Å². The summed E-state index contributed by atoms with van der Waals surface area (Å²) in [5.74, 6) is 0.147. The molecule has 0 radical (unpaired) electrons. The third-order valence-corrected chi connectivity index (χ3v) is 3.37. The third-order valence-electron chi connectivity index (χ3n) is 3.37. The third kappa shape index (κ3) is 2.71. The van der Waals surface area contributed by atoms with Crippen LogP contribution in [0.3, 0.4) is 0 Å². The smallest absolute Gasteiger partial charge is 0.242 e. The standard InChI is InChI=1S/C12H24N2O/c1-4-8-12(3,13)11(15)14-9-6-7-10(14)5-2/h10H,4-9,13H2,1-3H3. The zero-order valence-corrected chi connectivity index (χ0v) is 10.3. The van der Waals surface area contributed by atoms with Crippen LogP contribution in [0.25, 0.3) is 0 Å². The lowest BCUT2D eigenvalue weighted by atomic mass is 9.95. The van der Waals surface area contributed by atoms with E-state index < -0.39 is 5.54 Å². The zero-order chi connectivity index (χ0) is 11.5. The number of carbonyl (C=O) groups is 1. The Bertz CT molecular complexity index is 226. The number of likely N-dealkylation sites (tertiary alicyclic amines) is 1. The molecule has 15 heavy (non-hydrogen) atoms. The largest absolute Gasteiger partial charge is 0.338 e. The minimum absolute atomic E-state index is 0.147. The van der Waals surface area contributed by atoms with E-state index in [-0.39, 0.29) is 5.91 Å². The number of rotatable bonds is 4. The van der Waals surface area contributed by atoms with Gasteiger partial charge in [-0.3, -0.25) is 4.79 Å². The molecular weight excluding hydrogens is 188 g/mol. The molecule has 3 nitrogen and oxygen atoms in total. The second-order valence-corrected chi connectivity index (χ2v) is 4.87. The summed E-state index contributed by atoms with van der Waals surface area (Å²) >= 11 is 0. The number of hydrogen-bond donors (Lipinski definition) is 1. The van der Waals surface area contributed by atoms with Gasteiger partial charge in [0, 0.05) is 12.6 Å². The number of nitrogens with zero attached hydrogens (tertiary/aromatic N) is 1. The molecule has 1 aliphatic rings. The second kappa shape index (κ2) is 4.97. The molecule has 0 spiro atoms. The first-order chi connectivity index (χ1) is 7.03. The minimum Gasteiger partial charge on any atom is -0.338 e. The average molecular weight is 212 g/mol. The first kappa shape index (κ1) is 12.5. The van der Waals surface area contributed by atoms with Crippen molar-refractivity contribution < 1.29 is 4.79 Å². The highest BCUT2D eigenvalue weighted by Crippen LogP contribution is 2.24. The first-order valence-corrected chi connectivity index (χ1v) is 6.13. The van der Waals surface area contributed by atoms with Crippen molar-refractivity contribution in [2.24, 2.45) is 5.73 Å². The Balaban J connectivity index is 2.66. The molecule has 2 unspecified atom stereocenters. The summed E-state index contributed by atoms with van der Waals surface area (Å²) in [6.45, 7) is 6.97. The van der Waals surface area contributed by atoms with E-state index in [1.54, 1.807) is 0 Å². The summed E-state index contributed by atoms with van der Waals surface area (Å²) in [6, 6.07) is 0.428. The molecule has 0 aromatic rings. The van der Waals surface area contributed by atoms with Gasteiger partial charge in [0.2, 0.25) is 5.91 Å². The molecule has 1 fully saturated rings. The van der Waals surface area contributed by atoms with Crippen molar-refractivity contribution in [2.45, 2.75) is 64.5 Å². The second-order valence-electron chi connectivity index (χ2n) is 4.87. The predicted molar refractivity (Wildman–Crippen MR) is 62.5 cm³/mol. The number of nitrogens with two attached hydrogens (primary N) is 1. The molecular formula is C12H24N2O. The lowest BCUT2D eigenvalue weighted by Gasteiger charge is -2.32. The van der Waals surface area contributed by atoms with Gasteiger partial charge in [0.25, 0.3) is 0 Å². The maximum absolute atomic E-state index is 12.2. The van der Waals surface area contributed by atoms with Crippen molar-refractivity contribution in [1.29, 1.82) is 0 Å². The molecule has 1 saturated heterocycles. The van der Waals surface area contributed by atoms with Gasteiger partial charge in [-0.15, -0.1) is 0 Å². The number of hydrogen-bond acceptors (Lipinski definition) is 2. The van der Waals surface area contributed by atoms with Gasteiger partial charge >= 0.3 is 0 Å². The maximum atomic E-state index is 12.2. The van der Waals surface area contributed by atoms with E-state index in [1.165, 1.54) is 0 Å². The normalized spacial score (nSPS) is 25.3. The van der Waals surface area contributed by atoms with Crippen molar-refractivity contribution in [3.8, 4) is 0 Å². The van der Waals surface area contributed by atoms with Gasteiger partial charge in [0.1, 0.15) is 0 Å². The van der Waals surface area contributed by atoms with Gasteiger partial charge in [-0.25, -0.2) is 0 Å². The summed E-state index contributed by atoms with van der Waals surface area (Å²) < 4.78 is 0. The summed E-state index contributed by atoms with van der Waals surface area (Å²) in [5.41, 5.74) is 5.42. The first-order valence-electron chi connectivity index (χ1n) is 6.13. The topological polar surface area (TPSA) is 46.3 Å². The van der Waals surface area contributed by atoms with Gasteiger partial charge in [-0.2, -0.15) is 0 Å². The Hall–Kier alpha value is -0.570. The van der Waals surface area contributed by atoms with E-state index in [4.69, 9.17) is 5.73 Å². The van der Waals surface area contributed by atoms with Crippen LogP contribution >= 0.6 is 0 Å². The fourth-order valence-corrected chi connectivity index (χ4v) is 2.48. The van der Waals surface area contributed by atoms with Crippen LogP contribution in [-0.4, -0.2) is 28.9 Å². The Labute approximate surface area is 93.0 Å². The van der Waals surface area contributed by atoms with E-state index in [0.717, 1.165) is 38.6 Å². The van der Waals surface area contributed by atoms with E-state index in [0.29, 0.717) is 6.04 Å². The van der Waals surface area contributed by atoms with Gasteiger partial charge in [-0.05, 0) is 32.6 Å². The molecule has 2 atom stereocenters. The van der Waals surface area contributed by atoms with E-state index in [9.17, 15) is 4.79 Å². The lowest BCUT2D eigenvalue weighted by Crippen LogP contribution is -2.54. The van der Waals surface area contributed by atoms with Crippen LogP contribution < -0.4 is 5.73 Å². The van der Waals surface area contributed by atoms with Gasteiger partial charge in [-0.1, -0.05) is 20.3 Å². The summed E-state index contributed by atoms with van der Waals surface area (Å²) in [5, 5.41) is 0.